The van der Waals surface area contributed by atoms with E-state index in [0.29, 0.717) is 12.8 Å². The number of rotatable bonds is 32. The van der Waals surface area contributed by atoms with E-state index in [9.17, 15) is 24.2 Å². The van der Waals surface area contributed by atoms with Crippen molar-refractivity contribution < 1.29 is 47.8 Å². The topological polar surface area (TPSA) is 149 Å². The molecule has 0 aromatic heterocycles. The molecule has 0 rings (SSSR count). The molecular formula is C32H63O10P. The maximum Gasteiger partial charge on any atom is 0.472 e. The Morgan fingerprint density at radius 2 is 1.00 bits per heavy atom. The third kappa shape index (κ3) is 29.4. The molecule has 0 radical (unpaired) electrons. The van der Waals surface area contributed by atoms with Crippen LogP contribution in [0.5, 0.6) is 0 Å². The van der Waals surface area contributed by atoms with E-state index in [2.05, 4.69) is 18.4 Å². The number of hydrogen-bond donors (Lipinski definition) is 3. The van der Waals surface area contributed by atoms with E-state index in [1.807, 2.05) is 0 Å². The standard InChI is InChI=1S/C32H63O10P/c1-3-5-7-9-11-12-13-14-15-16-18-19-21-23-31(35)39-27-30(28-41-43(37,38)40-26-29(34)25-33)42-32(36)24-22-20-17-10-8-6-4-2/h29-30,33-34H,3-28H2,1-2H3,(H,37,38)/t29-,30+/m0/s1. The molecule has 43 heavy (non-hydrogen) atoms. The lowest BCUT2D eigenvalue weighted by Crippen LogP contribution is -2.29. The van der Waals surface area contributed by atoms with Crippen LogP contribution in [-0.2, 0) is 32.7 Å². The molecule has 1 unspecified atom stereocenters. The van der Waals surface area contributed by atoms with Crippen molar-refractivity contribution in [2.75, 3.05) is 26.4 Å². The van der Waals surface area contributed by atoms with Crippen molar-refractivity contribution in [1.82, 2.24) is 0 Å². The number of carbonyl (C=O) groups excluding carboxylic acids is 2. The lowest BCUT2D eigenvalue weighted by molar-refractivity contribution is -0.161. The van der Waals surface area contributed by atoms with Crippen molar-refractivity contribution in [3.63, 3.8) is 0 Å². The maximum absolute atomic E-state index is 12.4. The van der Waals surface area contributed by atoms with Gasteiger partial charge in [0.2, 0.25) is 0 Å². The SMILES string of the molecule is CCCCCCCCCCCCCCCC(=O)OC[C@H](COP(=O)(O)OC[C@@H](O)CO)OC(=O)CCCCCCCCC. The van der Waals surface area contributed by atoms with Gasteiger partial charge in [0.25, 0.3) is 0 Å². The molecule has 0 aliphatic rings. The van der Waals surface area contributed by atoms with Crippen LogP contribution in [0.15, 0.2) is 0 Å². The fourth-order valence-corrected chi connectivity index (χ4v) is 5.37. The van der Waals surface area contributed by atoms with Crippen LogP contribution in [0.3, 0.4) is 0 Å². The van der Waals surface area contributed by atoms with Gasteiger partial charge in [-0.25, -0.2) is 4.57 Å². The minimum absolute atomic E-state index is 0.188. The van der Waals surface area contributed by atoms with Gasteiger partial charge in [-0.1, -0.05) is 129 Å². The van der Waals surface area contributed by atoms with Crippen LogP contribution < -0.4 is 0 Å². The molecule has 11 heteroatoms. The number of esters is 2. The van der Waals surface area contributed by atoms with Gasteiger partial charge in [-0.05, 0) is 12.8 Å². The number of phosphoric ester groups is 1. The molecule has 0 aliphatic heterocycles. The summed E-state index contributed by atoms with van der Waals surface area (Å²) in [4.78, 5) is 34.5. The van der Waals surface area contributed by atoms with E-state index in [0.717, 1.165) is 38.5 Å². The molecule has 0 bridgehead atoms. The smallest absolute Gasteiger partial charge is 0.462 e. The molecule has 0 saturated carbocycles. The largest absolute Gasteiger partial charge is 0.472 e. The van der Waals surface area contributed by atoms with Crippen LogP contribution in [0.2, 0.25) is 0 Å². The summed E-state index contributed by atoms with van der Waals surface area (Å²) < 4.78 is 32.3. The van der Waals surface area contributed by atoms with Gasteiger partial charge in [-0.15, -0.1) is 0 Å². The first-order valence-electron chi connectivity index (χ1n) is 17.0. The molecule has 0 heterocycles. The first-order valence-corrected chi connectivity index (χ1v) is 18.5. The van der Waals surface area contributed by atoms with Crippen molar-refractivity contribution in [1.29, 1.82) is 0 Å². The molecule has 3 atom stereocenters. The number of phosphoric acid groups is 1. The van der Waals surface area contributed by atoms with E-state index in [4.69, 9.17) is 19.1 Å². The Morgan fingerprint density at radius 3 is 1.44 bits per heavy atom. The molecule has 0 saturated heterocycles. The fraction of sp³-hybridized carbons (Fsp3) is 0.938. The van der Waals surface area contributed by atoms with E-state index in [-0.39, 0.29) is 19.4 Å². The summed E-state index contributed by atoms with van der Waals surface area (Å²) in [5.41, 5.74) is 0. The summed E-state index contributed by atoms with van der Waals surface area (Å²) in [5.74, 6) is -0.926. The molecule has 0 aromatic rings. The predicted molar refractivity (Wildman–Crippen MR) is 169 cm³/mol. The highest BCUT2D eigenvalue weighted by atomic mass is 31.2. The molecule has 3 N–H and O–H groups in total. The Hall–Kier alpha value is -1.03. The van der Waals surface area contributed by atoms with E-state index in [1.165, 1.54) is 77.0 Å². The average molecular weight is 639 g/mol. The van der Waals surface area contributed by atoms with E-state index < -0.39 is 51.8 Å². The molecule has 256 valence electrons. The highest BCUT2D eigenvalue weighted by molar-refractivity contribution is 7.47. The zero-order valence-corrected chi connectivity index (χ0v) is 28.1. The van der Waals surface area contributed by atoms with E-state index >= 15 is 0 Å². The highest BCUT2D eigenvalue weighted by Crippen LogP contribution is 2.43. The Kier molecular flexibility index (Phi) is 29.0. The van der Waals surface area contributed by atoms with Crippen molar-refractivity contribution >= 4 is 19.8 Å². The van der Waals surface area contributed by atoms with Crippen LogP contribution in [0.4, 0.5) is 0 Å². The summed E-state index contributed by atoms with van der Waals surface area (Å²) in [6.07, 6.45) is 21.0. The van der Waals surface area contributed by atoms with Crippen LogP contribution in [0, 0.1) is 0 Å². The molecular weight excluding hydrogens is 575 g/mol. The first kappa shape index (κ1) is 42.0. The number of unbranched alkanes of at least 4 members (excludes halogenated alkanes) is 18. The summed E-state index contributed by atoms with van der Waals surface area (Å²) in [5, 5.41) is 18.2. The fourth-order valence-electron chi connectivity index (χ4n) is 4.58. The highest BCUT2D eigenvalue weighted by Gasteiger charge is 2.27. The number of carbonyl (C=O) groups is 2. The van der Waals surface area contributed by atoms with Crippen molar-refractivity contribution in [2.45, 2.75) is 167 Å². The van der Waals surface area contributed by atoms with Gasteiger partial charge < -0.3 is 24.6 Å². The van der Waals surface area contributed by atoms with Crippen LogP contribution in [0.25, 0.3) is 0 Å². The molecule has 0 fully saturated rings. The van der Waals surface area contributed by atoms with Gasteiger partial charge in [0.15, 0.2) is 6.10 Å². The minimum Gasteiger partial charge on any atom is -0.462 e. The summed E-state index contributed by atoms with van der Waals surface area (Å²) in [7, 11) is -4.59. The van der Waals surface area contributed by atoms with E-state index in [1.54, 1.807) is 0 Å². The molecule has 10 nitrogen and oxygen atoms in total. The Balaban J connectivity index is 4.34. The maximum atomic E-state index is 12.4. The number of aliphatic hydroxyl groups is 2. The second-order valence-corrected chi connectivity index (χ2v) is 13.0. The minimum atomic E-state index is -4.59. The van der Waals surface area contributed by atoms with Crippen molar-refractivity contribution in [2.24, 2.45) is 0 Å². The second-order valence-electron chi connectivity index (χ2n) is 11.6. The van der Waals surface area contributed by atoms with Crippen LogP contribution >= 0.6 is 7.82 Å². The Bertz CT molecular complexity index is 706. The molecule has 0 aromatic carbocycles. The van der Waals surface area contributed by atoms with Crippen molar-refractivity contribution in [3.8, 4) is 0 Å². The second kappa shape index (κ2) is 29.7. The first-order chi connectivity index (χ1) is 20.7. The number of ether oxygens (including phenoxy) is 2. The number of hydrogen-bond acceptors (Lipinski definition) is 9. The zero-order valence-electron chi connectivity index (χ0n) is 27.2. The van der Waals surface area contributed by atoms with Gasteiger partial charge >= 0.3 is 19.8 Å². The molecule has 0 aliphatic carbocycles. The normalized spacial score (nSPS) is 14.3. The van der Waals surface area contributed by atoms with Gasteiger partial charge in [0, 0.05) is 12.8 Å². The monoisotopic (exact) mass is 638 g/mol. The van der Waals surface area contributed by atoms with Gasteiger partial charge in [0.05, 0.1) is 19.8 Å². The quantitative estimate of drug-likeness (QED) is 0.0383. The molecule has 0 spiro atoms. The summed E-state index contributed by atoms with van der Waals surface area (Å²) in [6, 6.07) is 0. The number of aliphatic hydroxyl groups excluding tert-OH is 2. The van der Waals surface area contributed by atoms with Crippen molar-refractivity contribution in [3.05, 3.63) is 0 Å². The van der Waals surface area contributed by atoms with Crippen LogP contribution in [-0.4, -0.2) is 65.7 Å². The van der Waals surface area contributed by atoms with Gasteiger partial charge in [-0.3, -0.25) is 18.6 Å². The predicted octanol–water partition coefficient (Wildman–Crippen LogP) is 7.55. The molecule has 0 amide bonds. The Morgan fingerprint density at radius 1 is 0.605 bits per heavy atom. The van der Waals surface area contributed by atoms with Gasteiger partial charge in [-0.2, -0.15) is 0 Å². The lowest BCUT2D eigenvalue weighted by atomic mass is 10.0. The average Bonchev–Trinajstić information content (AvgIpc) is 2.99. The zero-order chi connectivity index (χ0) is 32.0. The van der Waals surface area contributed by atoms with Crippen LogP contribution in [0.1, 0.15) is 155 Å². The summed E-state index contributed by atoms with van der Waals surface area (Å²) >= 11 is 0. The lowest BCUT2D eigenvalue weighted by Gasteiger charge is -2.20. The summed E-state index contributed by atoms with van der Waals surface area (Å²) in [6.45, 7) is 2.31. The van der Waals surface area contributed by atoms with Gasteiger partial charge in [0.1, 0.15) is 12.7 Å². The third-order valence-electron chi connectivity index (χ3n) is 7.26. The third-order valence-corrected chi connectivity index (χ3v) is 8.21. The Labute approximate surface area is 261 Å².